The zero-order chi connectivity index (χ0) is 23.0. The number of benzene rings is 1. The Kier molecular flexibility index (Phi) is 4.13. The number of rotatable bonds is 3. The van der Waals surface area contributed by atoms with Crippen molar-refractivity contribution in [3.63, 3.8) is 0 Å². The summed E-state index contributed by atoms with van der Waals surface area (Å²) in [7, 11) is 0. The van der Waals surface area contributed by atoms with Crippen LogP contribution in [0.1, 0.15) is 55.4 Å². The maximum Gasteiger partial charge on any atom is 0.191 e. The Labute approximate surface area is 189 Å². The van der Waals surface area contributed by atoms with E-state index in [9.17, 15) is 8.78 Å². The molecule has 0 spiro atoms. The molecule has 0 radical (unpaired) electrons. The lowest BCUT2D eigenvalue weighted by Gasteiger charge is -2.37. The van der Waals surface area contributed by atoms with Crippen LogP contribution in [0, 0.1) is 24.0 Å². The van der Waals surface area contributed by atoms with Gasteiger partial charge in [-0.15, -0.1) is 5.10 Å². The lowest BCUT2D eigenvalue weighted by molar-refractivity contribution is 0.243. The smallest absolute Gasteiger partial charge is 0.191 e. The summed E-state index contributed by atoms with van der Waals surface area (Å²) in [5.41, 5.74) is 3.10. The zero-order valence-corrected chi connectivity index (χ0v) is 18.6. The van der Waals surface area contributed by atoms with E-state index in [1.807, 2.05) is 25.1 Å². The van der Waals surface area contributed by atoms with E-state index in [-0.39, 0.29) is 22.6 Å². The summed E-state index contributed by atoms with van der Waals surface area (Å²) >= 11 is 0. The van der Waals surface area contributed by atoms with Crippen LogP contribution in [-0.4, -0.2) is 20.2 Å². The van der Waals surface area contributed by atoms with Crippen LogP contribution in [0.3, 0.4) is 0 Å². The third kappa shape index (κ3) is 2.62. The van der Waals surface area contributed by atoms with Crippen molar-refractivity contribution in [3.05, 3.63) is 83.3 Å². The fourth-order valence-corrected chi connectivity index (χ4v) is 6.07. The van der Waals surface area contributed by atoms with Gasteiger partial charge in [0.25, 0.3) is 0 Å². The molecule has 2 atom stereocenters. The van der Waals surface area contributed by atoms with Crippen LogP contribution >= 0.6 is 0 Å². The first-order chi connectivity index (χ1) is 15.8. The first kappa shape index (κ1) is 20.1. The third-order valence-corrected chi connectivity index (χ3v) is 7.70. The molecule has 3 aromatic heterocycles. The highest BCUT2D eigenvalue weighted by Gasteiger charge is 2.65. The number of aromatic nitrogens is 4. The SMILES string of the molecule is Cc1ncc(-c2ccnc([C@@]34CC[C@@H](c5cc(-c6c(F)cccc6F)nnc53)C4(C)C)c2)o1. The number of oxazole rings is 1. The van der Waals surface area contributed by atoms with Gasteiger partial charge in [0.15, 0.2) is 11.7 Å². The van der Waals surface area contributed by atoms with Gasteiger partial charge in [0.1, 0.15) is 11.6 Å². The highest BCUT2D eigenvalue weighted by atomic mass is 19.1. The van der Waals surface area contributed by atoms with Gasteiger partial charge in [-0.1, -0.05) is 19.9 Å². The Bertz CT molecular complexity index is 1390. The molecule has 4 aromatic rings. The quantitative estimate of drug-likeness (QED) is 0.389. The summed E-state index contributed by atoms with van der Waals surface area (Å²) in [6, 6.07) is 9.61. The van der Waals surface area contributed by atoms with Crippen LogP contribution in [0.15, 0.2) is 53.2 Å². The molecule has 3 heterocycles. The normalized spacial score (nSPS) is 22.5. The lowest BCUT2D eigenvalue weighted by Crippen LogP contribution is -2.37. The number of halogens is 2. The molecule has 33 heavy (non-hydrogen) atoms. The van der Waals surface area contributed by atoms with Crippen molar-refractivity contribution in [2.45, 2.75) is 44.9 Å². The molecule has 2 aliphatic rings. The topological polar surface area (TPSA) is 64.7 Å². The van der Waals surface area contributed by atoms with Gasteiger partial charge >= 0.3 is 0 Å². The highest BCUT2D eigenvalue weighted by Crippen LogP contribution is 2.69. The van der Waals surface area contributed by atoms with Crippen molar-refractivity contribution < 1.29 is 13.2 Å². The molecule has 7 heteroatoms. The molecule has 2 bridgehead atoms. The van der Waals surface area contributed by atoms with E-state index in [4.69, 9.17) is 9.40 Å². The standard InChI is InChI=1S/C26H22F2N4O/c1-14-30-13-21(33-14)15-8-10-29-22(11-15)26-9-7-17(25(26,2)3)16-12-20(31-32-24(16)26)23-18(27)5-4-6-19(23)28/h4-6,8,10-13,17H,7,9H2,1-3H3/t17-,26-/m0/s1. The van der Waals surface area contributed by atoms with Gasteiger partial charge in [0, 0.05) is 18.7 Å². The fourth-order valence-electron chi connectivity index (χ4n) is 6.07. The predicted molar refractivity (Wildman–Crippen MR) is 118 cm³/mol. The van der Waals surface area contributed by atoms with E-state index < -0.39 is 17.0 Å². The van der Waals surface area contributed by atoms with E-state index >= 15 is 0 Å². The van der Waals surface area contributed by atoms with E-state index in [0.717, 1.165) is 35.4 Å². The van der Waals surface area contributed by atoms with Crippen LogP contribution in [0.2, 0.25) is 0 Å². The summed E-state index contributed by atoms with van der Waals surface area (Å²) in [5.74, 6) is 0.202. The molecule has 0 saturated heterocycles. The molecule has 1 saturated carbocycles. The summed E-state index contributed by atoms with van der Waals surface area (Å²) in [5, 5.41) is 8.89. The minimum absolute atomic E-state index is 0.136. The first-order valence-electron chi connectivity index (χ1n) is 11.0. The summed E-state index contributed by atoms with van der Waals surface area (Å²) in [6.07, 6.45) is 5.32. The van der Waals surface area contributed by atoms with Crippen molar-refractivity contribution in [1.82, 2.24) is 20.2 Å². The molecule has 6 rings (SSSR count). The molecule has 1 fully saturated rings. The van der Waals surface area contributed by atoms with Gasteiger partial charge in [0.05, 0.1) is 34.3 Å². The Balaban J connectivity index is 1.53. The molecule has 0 unspecified atom stereocenters. The van der Waals surface area contributed by atoms with E-state index in [2.05, 4.69) is 29.0 Å². The summed E-state index contributed by atoms with van der Waals surface area (Å²) in [6.45, 7) is 6.26. The van der Waals surface area contributed by atoms with Crippen molar-refractivity contribution >= 4 is 0 Å². The molecule has 0 aliphatic heterocycles. The highest BCUT2D eigenvalue weighted by molar-refractivity contribution is 5.65. The minimum Gasteiger partial charge on any atom is -0.441 e. The second-order valence-corrected chi connectivity index (χ2v) is 9.52. The summed E-state index contributed by atoms with van der Waals surface area (Å²) in [4.78, 5) is 8.99. The van der Waals surface area contributed by atoms with E-state index in [0.29, 0.717) is 11.7 Å². The zero-order valence-electron chi connectivity index (χ0n) is 18.6. The Hall–Kier alpha value is -3.48. The van der Waals surface area contributed by atoms with Crippen molar-refractivity contribution in [3.8, 4) is 22.6 Å². The molecular weight excluding hydrogens is 422 g/mol. The largest absolute Gasteiger partial charge is 0.441 e. The number of nitrogens with zero attached hydrogens (tertiary/aromatic N) is 4. The van der Waals surface area contributed by atoms with Crippen molar-refractivity contribution in [1.29, 1.82) is 0 Å². The Morgan fingerprint density at radius 1 is 1.03 bits per heavy atom. The molecule has 166 valence electrons. The maximum atomic E-state index is 14.4. The molecule has 0 N–H and O–H groups in total. The Morgan fingerprint density at radius 3 is 2.55 bits per heavy atom. The van der Waals surface area contributed by atoms with E-state index in [1.54, 1.807) is 12.4 Å². The third-order valence-electron chi connectivity index (χ3n) is 7.70. The summed E-state index contributed by atoms with van der Waals surface area (Å²) < 4.78 is 34.6. The average molecular weight is 444 g/mol. The number of fused-ring (bicyclic) bond motifs is 5. The first-order valence-corrected chi connectivity index (χ1v) is 11.0. The minimum atomic E-state index is -0.641. The monoisotopic (exact) mass is 444 g/mol. The van der Waals surface area contributed by atoms with Crippen LogP contribution in [0.25, 0.3) is 22.6 Å². The molecule has 2 aliphatic carbocycles. The molecular formula is C26H22F2N4O. The van der Waals surface area contributed by atoms with Gasteiger partial charge in [0.2, 0.25) is 0 Å². The van der Waals surface area contributed by atoms with Crippen LogP contribution in [0.5, 0.6) is 0 Å². The van der Waals surface area contributed by atoms with Crippen LogP contribution in [-0.2, 0) is 5.41 Å². The van der Waals surface area contributed by atoms with Crippen LogP contribution in [0.4, 0.5) is 8.78 Å². The van der Waals surface area contributed by atoms with Gasteiger partial charge in [-0.2, -0.15) is 5.10 Å². The molecule has 5 nitrogen and oxygen atoms in total. The van der Waals surface area contributed by atoms with Gasteiger partial charge in [-0.3, -0.25) is 4.98 Å². The number of hydrogen-bond donors (Lipinski definition) is 0. The average Bonchev–Trinajstić information content (AvgIpc) is 3.40. The van der Waals surface area contributed by atoms with Gasteiger partial charge in [-0.05, 0) is 60.1 Å². The fraction of sp³-hybridized carbons (Fsp3) is 0.308. The lowest BCUT2D eigenvalue weighted by atomic mass is 9.66. The predicted octanol–water partition coefficient (Wildman–Crippen LogP) is 5.98. The number of pyridine rings is 1. The number of hydrogen-bond acceptors (Lipinski definition) is 5. The van der Waals surface area contributed by atoms with Crippen LogP contribution < -0.4 is 0 Å². The van der Waals surface area contributed by atoms with Crippen molar-refractivity contribution in [2.24, 2.45) is 5.41 Å². The van der Waals surface area contributed by atoms with Crippen molar-refractivity contribution in [2.75, 3.05) is 0 Å². The van der Waals surface area contributed by atoms with E-state index in [1.165, 1.54) is 18.2 Å². The second-order valence-electron chi connectivity index (χ2n) is 9.52. The second kappa shape index (κ2) is 6.76. The molecule has 1 aromatic carbocycles. The van der Waals surface area contributed by atoms with Gasteiger partial charge in [-0.25, -0.2) is 13.8 Å². The van der Waals surface area contributed by atoms with Gasteiger partial charge < -0.3 is 4.42 Å². The molecule has 0 amide bonds. The maximum absolute atomic E-state index is 14.4. The Morgan fingerprint density at radius 2 is 1.82 bits per heavy atom. The number of aryl methyl sites for hydroxylation is 1.